The molecule has 11 aromatic carbocycles. The second kappa shape index (κ2) is 13.7. The van der Waals surface area contributed by atoms with Crippen molar-refractivity contribution in [3.8, 4) is 22.3 Å². The van der Waals surface area contributed by atoms with Crippen molar-refractivity contribution >= 4 is 115 Å². The van der Waals surface area contributed by atoms with E-state index in [9.17, 15) is 0 Å². The Labute approximate surface area is 392 Å². The van der Waals surface area contributed by atoms with Crippen molar-refractivity contribution in [3.05, 3.63) is 223 Å². The van der Waals surface area contributed by atoms with E-state index in [1.807, 2.05) is 0 Å². The van der Waals surface area contributed by atoms with Gasteiger partial charge in [0.05, 0.1) is 33.1 Å². The van der Waals surface area contributed by atoms with Crippen LogP contribution in [0.4, 0.5) is 17.1 Å². The zero-order valence-electron chi connectivity index (χ0n) is 38.0. The number of benzene rings is 11. The molecule has 3 nitrogen and oxygen atoms in total. The number of anilines is 3. The van der Waals surface area contributed by atoms with E-state index in [1.54, 1.807) is 0 Å². The molecule has 0 amide bonds. The predicted molar refractivity (Wildman–Crippen MR) is 291 cm³/mol. The predicted octanol–water partition coefficient (Wildman–Crippen LogP) is 18.0. The van der Waals surface area contributed by atoms with Gasteiger partial charge in [0.1, 0.15) is 0 Å². The normalized spacial score (nSPS) is 12.3. The quantitative estimate of drug-likeness (QED) is 0.168. The second-order valence-corrected chi connectivity index (χ2v) is 19.1. The molecule has 0 saturated heterocycles. The summed E-state index contributed by atoms with van der Waals surface area (Å²) in [5.41, 5.74) is 19.9. The fraction of sp³-hybridized carbons (Fsp3) is 0.0462. The Morgan fingerprint density at radius 3 is 1.57 bits per heavy atom. The van der Waals surface area contributed by atoms with Gasteiger partial charge in [0.2, 0.25) is 0 Å². The summed E-state index contributed by atoms with van der Waals surface area (Å²) in [5.74, 6) is 0. The van der Waals surface area contributed by atoms with E-state index in [4.69, 9.17) is 0 Å². The van der Waals surface area contributed by atoms with Gasteiger partial charge in [0.25, 0.3) is 0 Å². The molecule has 0 atom stereocenters. The summed E-state index contributed by atoms with van der Waals surface area (Å²) in [4.78, 5) is 2.40. The highest BCUT2D eigenvalue weighted by Gasteiger charge is 2.26. The highest BCUT2D eigenvalue weighted by molar-refractivity contribution is 6.32. The first-order chi connectivity index (χ1) is 33.5. The molecule has 0 fully saturated rings. The molecule has 0 aliphatic heterocycles. The van der Waals surface area contributed by atoms with E-state index in [1.165, 1.54) is 137 Å². The third kappa shape index (κ3) is 5.02. The highest BCUT2D eigenvalue weighted by Crippen LogP contribution is 2.49. The fourth-order valence-corrected chi connectivity index (χ4v) is 12.6. The zero-order chi connectivity index (χ0) is 44.9. The second-order valence-electron chi connectivity index (χ2n) is 19.1. The molecule has 0 bridgehead atoms. The van der Waals surface area contributed by atoms with E-state index >= 15 is 0 Å². The topological polar surface area (TPSA) is 12.1 Å². The van der Waals surface area contributed by atoms with E-state index in [-0.39, 0.29) is 0 Å². The van der Waals surface area contributed by atoms with Crippen molar-refractivity contribution in [2.75, 3.05) is 4.90 Å². The molecule has 15 rings (SSSR count). The Hall–Kier alpha value is -8.66. The maximum Gasteiger partial charge on any atom is 0.0622 e. The van der Waals surface area contributed by atoms with Gasteiger partial charge in [-0.15, -0.1) is 0 Å². The minimum Gasteiger partial charge on any atom is -0.310 e. The Bertz CT molecular complexity index is 4510. The average molecular weight is 866 g/mol. The van der Waals surface area contributed by atoms with Gasteiger partial charge in [0, 0.05) is 60.2 Å². The molecular weight excluding hydrogens is 823 g/mol. The van der Waals surface area contributed by atoms with Crippen LogP contribution in [0.1, 0.15) is 16.7 Å². The van der Waals surface area contributed by atoms with Gasteiger partial charge in [-0.1, -0.05) is 133 Å². The van der Waals surface area contributed by atoms with Crippen LogP contribution in [0.2, 0.25) is 0 Å². The fourth-order valence-electron chi connectivity index (χ4n) is 12.6. The minimum absolute atomic E-state index is 1.13. The Morgan fingerprint density at radius 2 is 0.838 bits per heavy atom. The molecule has 318 valence electrons. The van der Waals surface area contributed by atoms with E-state index < -0.39 is 0 Å². The Kier molecular flexibility index (Phi) is 7.56. The summed E-state index contributed by atoms with van der Waals surface area (Å²) in [6.07, 6.45) is 0. The number of aromatic nitrogens is 2. The van der Waals surface area contributed by atoms with Crippen LogP contribution < -0.4 is 4.90 Å². The first-order valence-electron chi connectivity index (χ1n) is 23.8. The third-order valence-electron chi connectivity index (χ3n) is 15.1. The first-order valence-corrected chi connectivity index (χ1v) is 23.8. The lowest BCUT2D eigenvalue weighted by Gasteiger charge is -2.25. The van der Waals surface area contributed by atoms with Crippen LogP contribution in [0.25, 0.3) is 120 Å². The average Bonchev–Trinajstić information content (AvgIpc) is 4.10. The highest BCUT2D eigenvalue weighted by atomic mass is 15.1. The maximum atomic E-state index is 2.55. The Balaban J connectivity index is 1.04. The number of fused-ring (bicyclic) bond motifs is 16. The summed E-state index contributed by atoms with van der Waals surface area (Å²) in [5, 5.41) is 15.3. The monoisotopic (exact) mass is 865 g/mol. The summed E-state index contributed by atoms with van der Waals surface area (Å²) in [7, 11) is 0. The maximum absolute atomic E-state index is 2.55. The van der Waals surface area contributed by atoms with Crippen molar-refractivity contribution in [1.29, 1.82) is 0 Å². The number of rotatable bonds is 5. The summed E-state index contributed by atoms with van der Waals surface area (Å²) < 4.78 is 5.06. The van der Waals surface area contributed by atoms with E-state index in [0.29, 0.717) is 0 Å². The molecule has 0 N–H and O–H groups in total. The molecule has 0 spiro atoms. The molecule has 68 heavy (non-hydrogen) atoms. The van der Waals surface area contributed by atoms with Gasteiger partial charge >= 0.3 is 0 Å². The van der Waals surface area contributed by atoms with Crippen LogP contribution in [-0.2, 0) is 0 Å². The molecule has 4 heterocycles. The van der Waals surface area contributed by atoms with Gasteiger partial charge in [-0.05, 0) is 155 Å². The van der Waals surface area contributed by atoms with Crippen LogP contribution in [0, 0.1) is 20.8 Å². The standard InChI is InChI=1S/C65H43N3/c1-38-31-39(2)60(40(3)32-38)44-34-53-61-48-20-11-10-15-41(48)27-29-58(61)68-57-24-14-22-49(62(57)54(35-44)65(53)68)43-26-25-42-28-30-59-63(51(42)33-43)55-37-47(36-52-50-21-12-13-23-56(50)67(59)64(52)55)66(45-16-6-4-7-17-45)46-18-8-5-9-19-46/h4-37H,1-3H3. The SMILES string of the molecule is Cc1cc(C)c(-c2cc3c4c(-c5ccc6ccc7c(c6c5)c5cc(N(c6ccccc6)c6ccccc6)cc6c8ccccc8n7c65)cccc4n4c5ccc6ccccc6c5c(c2)c34)c(C)c1. The van der Waals surface area contributed by atoms with Gasteiger partial charge in [-0.25, -0.2) is 0 Å². The van der Waals surface area contributed by atoms with Crippen LogP contribution in [0.5, 0.6) is 0 Å². The lowest BCUT2D eigenvalue weighted by molar-refractivity contribution is 1.29. The molecule has 3 heteroatoms. The molecule has 0 unspecified atom stereocenters. The number of aryl methyl sites for hydroxylation is 3. The first kappa shape index (κ1) is 37.5. The third-order valence-corrected chi connectivity index (χ3v) is 15.1. The van der Waals surface area contributed by atoms with E-state index in [0.717, 1.165) is 17.1 Å². The minimum atomic E-state index is 1.13. The van der Waals surface area contributed by atoms with Gasteiger partial charge in [-0.2, -0.15) is 0 Å². The van der Waals surface area contributed by atoms with Crippen molar-refractivity contribution in [2.45, 2.75) is 20.8 Å². The number of para-hydroxylation sites is 3. The van der Waals surface area contributed by atoms with Crippen LogP contribution in [-0.4, -0.2) is 8.80 Å². The number of hydrogen-bond donors (Lipinski definition) is 0. The molecular formula is C65H43N3. The molecule has 0 aliphatic carbocycles. The Morgan fingerprint density at radius 1 is 0.324 bits per heavy atom. The van der Waals surface area contributed by atoms with Crippen LogP contribution in [0.3, 0.4) is 0 Å². The lowest BCUT2D eigenvalue weighted by Crippen LogP contribution is -2.09. The summed E-state index contributed by atoms with van der Waals surface area (Å²) in [6, 6.07) is 77.3. The van der Waals surface area contributed by atoms with Crippen LogP contribution >= 0.6 is 0 Å². The van der Waals surface area contributed by atoms with Crippen molar-refractivity contribution < 1.29 is 0 Å². The number of nitrogens with zero attached hydrogens (tertiary/aromatic N) is 3. The number of hydrogen-bond acceptors (Lipinski definition) is 1. The molecule has 15 aromatic rings. The van der Waals surface area contributed by atoms with Gasteiger partial charge in [0.15, 0.2) is 0 Å². The summed E-state index contributed by atoms with van der Waals surface area (Å²) >= 11 is 0. The largest absolute Gasteiger partial charge is 0.310 e. The summed E-state index contributed by atoms with van der Waals surface area (Å²) in [6.45, 7) is 6.75. The molecule has 0 saturated carbocycles. The smallest absolute Gasteiger partial charge is 0.0622 e. The molecule has 0 aliphatic rings. The van der Waals surface area contributed by atoms with Crippen molar-refractivity contribution in [3.63, 3.8) is 0 Å². The van der Waals surface area contributed by atoms with E-state index in [2.05, 4.69) is 241 Å². The lowest BCUT2D eigenvalue weighted by atomic mass is 9.90. The van der Waals surface area contributed by atoms with Crippen molar-refractivity contribution in [2.24, 2.45) is 0 Å². The van der Waals surface area contributed by atoms with Gasteiger partial charge < -0.3 is 13.7 Å². The van der Waals surface area contributed by atoms with Crippen molar-refractivity contribution in [1.82, 2.24) is 8.80 Å². The molecule has 4 aromatic heterocycles. The zero-order valence-corrected chi connectivity index (χ0v) is 38.0. The van der Waals surface area contributed by atoms with Crippen LogP contribution in [0.15, 0.2) is 206 Å². The molecule has 0 radical (unpaired) electrons. The van der Waals surface area contributed by atoms with Gasteiger partial charge in [-0.3, -0.25) is 0 Å².